The van der Waals surface area contributed by atoms with Gasteiger partial charge in [-0.2, -0.15) is 0 Å². The first-order valence-corrected chi connectivity index (χ1v) is 8.40. The second kappa shape index (κ2) is 6.89. The first kappa shape index (κ1) is 16.9. The van der Waals surface area contributed by atoms with Gasteiger partial charge in [0.15, 0.2) is 0 Å². The number of amides is 1. The zero-order valence-electron chi connectivity index (χ0n) is 13.5. The smallest absolute Gasteiger partial charge is 0.306 e. The van der Waals surface area contributed by atoms with Gasteiger partial charge in [-0.15, -0.1) is 0 Å². The maximum absolute atomic E-state index is 13.3. The molecule has 1 atom stereocenters. The predicted molar refractivity (Wildman–Crippen MR) is 85.1 cm³/mol. The van der Waals surface area contributed by atoms with E-state index in [-0.39, 0.29) is 18.1 Å². The predicted octanol–water partition coefficient (Wildman–Crippen LogP) is 2.34. The summed E-state index contributed by atoms with van der Waals surface area (Å²) in [4.78, 5) is 25.9. The van der Waals surface area contributed by atoms with E-state index in [1.54, 1.807) is 17.0 Å². The fourth-order valence-corrected chi connectivity index (χ4v) is 3.90. The van der Waals surface area contributed by atoms with Crippen LogP contribution in [0, 0.1) is 5.82 Å². The number of ether oxygens (including phenoxy) is 1. The minimum atomic E-state index is -0.927. The highest BCUT2D eigenvalue weighted by Gasteiger charge is 2.45. The summed E-state index contributed by atoms with van der Waals surface area (Å²) in [6, 6.07) is 6.20. The van der Waals surface area contributed by atoms with Crippen molar-refractivity contribution in [2.24, 2.45) is 0 Å². The number of carboxylic acids is 1. The lowest BCUT2D eigenvalue weighted by Crippen LogP contribution is -2.52. The summed E-state index contributed by atoms with van der Waals surface area (Å²) < 4.78 is 18.7. The van der Waals surface area contributed by atoms with Crippen molar-refractivity contribution < 1.29 is 23.8 Å². The summed E-state index contributed by atoms with van der Waals surface area (Å²) in [5, 5.41) is 8.94. The van der Waals surface area contributed by atoms with E-state index in [2.05, 4.69) is 0 Å². The van der Waals surface area contributed by atoms with Crippen molar-refractivity contribution in [3.05, 3.63) is 35.6 Å². The largest absolute Gasteiger partial charge is 0.481 e. The second-order valence-corrected chi connectivity index (χ2v) is 6.64. The molecular formula is C18H22FNO4. The van der Waals surface area contributed by atoms with E-state index in [4.69, 9.17) is 9.84 Å². The minimum Gasteiger partial charge on any atom is -0.481 e. The highest BCUT2D eigenvalue weighted by atomic mass is 19.1. The van der Waals surface area contributed by atoms with E-state index in [0.717, 1.165) is 31.2 Å². The molecule has 1 aliphatic heterocycles. The van der Waals surface area contributed by atoms with E-state index in [0.29, 0.717) is 19.7 Å². The van der Waals surface area contributed by atoms with Crippen molar-refractivity contribution in [1.82, 2.24) is 4.90 Å². The van der Waals surface area contributed by atoms with Crippen LogP contribution in [0.15, 0.2) is 24.3 Å². The van der Waals surface area contributed by atoms with E-state index < -0.39 is 17.5 Å². The number of aliphatic carboxylic acids is 1. The van der Waals surface area contributed by atoms with Gasteiger partial charge in [0.2, 0.25) is 5.91 Å². The molecule has 130 valence electrons. The molecule has 1 saturated heterocycles. The Morgan fingerprint density at radius 2 is 1.92 bits per heavy atom. The average Bonchev–Trinajstić information content (AvgIpc) is 3.05. The van der Waals surface area contributed by atoms with Crippen molar-refractivity contribution in [1.29, 1.82) is 0 Å². The number of carbonyl (C=O) groups excluding carboxylic acids is 1. The Balaban J connectivity index is 1.82. The molecule has 1 heterocycles. The van der Waals surface area contributed by atoms with Crippen LogP contribution < -0.4 is 0 Å². The molecule has 0 aromatic heterocycles. The number of carboxylic acid groups (broad SMARTS) is 1. The summed E-state index contributed by atoms with van der Waals surface area (Å²) in [5.74, 6) is -1.22. The van der Waals surface area contributed by atoms with Gasteiger partial charge < -0.3 is 14.7 Å². The van der Waals surface area contributed by atoms with Crippen LogP contribution in [0.1, 0.15) is 37.7 Å². The molecule has 1 saturated carbocycles. The van der Waals surface area contributed by atoms with Crippen molar-refractivity contribution in [2.45, 2.75) is 43.6 Å². The summed E-state index contributed by atoms with van der Waals surface area (Å²) in [7, 11) is 0. The molecule has 3 rings (SSSR count). The topological polar surface area (TPSA) is 66.8 Å². The zero-order valence-corrected chi connectivity index (χ0v) is 13.5. The highest BCUT2D eigenvalue weighted by molar-refractivity contribution is 5.89. The number of halogens is 1. The van der Waals surface area contributed by atoms with E-state index in [9.17, 15) is 14.0 Å². The summed E-state index contributed by atoms with van der Waals surface area (Å²) in [6.45, 7) is 1.12. The van der Waals surface area contributed by atoms with Crippen LogP contribution in [0.5, 0.6) is 0 Å². The molecule has 1 aliphatic carbocycles. The molecule has 0 spiro atoms. The lowest BCUT2D eigenvalue weighted by molar-refractivity contribution is -0.150. The normalized spacial score (nSPS) is 23.2. The molecule has 2 fully saturated rings. The molecule has 0 radical (unpaired) electrons. The fraction of sp³-hybridized carbons (Fsp3) is 0.556. The van der Waals surface area contributed by atoms with Crippen LogP contribution in [0.25, 0.3) is 0 Å². The van der Waals surface area contributed by atoms with E-state index >= 15 is 0 Å². The third-order valence-electron chi connectivity index (χ3n) is 5.09. The molecule has 1 aromatic rings. The Morgan fingerprint density at radius 1 is 1.25 bits per heavy atom. The van der Waals surface area contributed by atoms with Gasteiger partial charge in [0.1, 0.15) is 5.82 Å². The second-order valence-electron chi connectivity index (χ2n) is 6.64. The third kappa shape index (κ3) is 3.29. The fourth-order valence-electron chi connectivity index (χ4n) is 3.90. The number of benzene rings is 1. The Kier molecular flexibility index (Phi) is 4.85. The molecule has 0 bridgehead atoms. The molecule has 5 nitrogen and oxygen atoms in total. The van der Waals surface area contributed by atoms with Gasteiger partial charge >= 0.3 is 5.97 Å². The first-order valence-electron chi connectivity index (χ1n) is 8.40. The van der Waals surface area contributed by atoms with Gasteiger partial charge in [-0.1, -0.05) is 25.0 Å². The lowest BCUT2D eigenvalue weighted by atomic mass is 9.77. The Hall–Kier alpha value is -1.95. The highest BCUT2D eigenvalue weighted by Crippen LogP contribution is 2.43. The number of hydrogen-bond donors (Lipinski definition) is 1. The van der Waals surface area contributed by atoms with Gasteiger partial charge in [0, 0.05) is 13.1 Å². The molecular weight excluding hydrogens is 313 g/mol. The van der Waals surface area contributed by atoms with Crippen molar-refractivity contribution in [2.75, 3.05) is 19.7 Å². The molecule has 0 unspecified atom stereocenters. The first-order chi connectivity index (χ1) is 11.5. The van der Waals surface area contributed by atoms with E-state index in [1.807, 2.05) is 0 Å². The summed E-state index contributed by atoms with van der Waals surface area (Å²) in [6.07, 6.45) is 2.86. The van der Waals surface area contributed by atoms with Crippen molar-refractivity contribution in [3.63, 3.8) is 0 Å². The van der Waals surface area contributed by atoms with Crippen LogP contribution in [0.3, 0.4) is 0 Å². The van der Waals surface area contributed by atoms with Gasteiger partial charge in [-0.25, -0.2) is 4.39 Å². The van der Waals surface area contributed by atoms with Gasteiger partial charge in [-0.3, -0.25) is 9.59 Å². The number of carbonyl (C=O) groups is 2. The summed E-state index contributed by atoms with van der Waals surface area (Å²) in [5.41, 5.74) is 0.242. The van der Waals surface area contributed by atoms with Crippen LogP contribution in [-0.2, 0) is 19.7 Å². The maximum Gasteiger partial charge on any atom is 0.306 e. The minimum absolute atomic E-state index is 0.0188. The average molecular weight is 335 g/mol. The molecule has 24 heavy (non-hydrogen) atoms. The molecule has 1 amide bonds. The number of nitrogens with zero attached hydrogens (tertiary/aromatic N) is 1. The number of rotatable bonds is 4. The molecule has 6 heteroatoms. The summed E-state index contributed by atoms with van der Waals surface area (Å²) >= 11 is 0. The van der Waals surface area contributed by atoms with E-state index in [1.165, 1.54) is 12.1 Å². The Bertz CT molecular complexity index is 610. The monoisotopic (exact) mass is 335 g/mol. The van der Waals surface area contributed by atoms with Crippen LogP contribution in [0.4, 0.5) is 4.39 Å². The van der Waals surface area contributed by atoms with Gasteiger partial charge in [-0.05, 0) is 30.5 Å². The van der Waals surface area contributed by atoms with Crippen LogP contribution in [0.2, 0.25) is 0 Å². The Labute approximate surface area is 140 Å². The van der Waals surface area contributed by atoms with Gasteiger partial charge in [0.25, 0.3) is 0 Å². The molecule has 1 N–H and O–H groups in total. The van der Waals surface area contributed by atoms with Crippen LogP contribution >= 0.6 is 0 Å². The molecule has 1 aromatic carbocycles. The van der Waals surface area contributed by atoms with Gasteiger partial charge in [0.05, 0.1) is 24.5 Å². The van der Waals surface area contributed by atoms with Crippen LogP contribution in [-0.4, -0.2) is 47.7 Å². The maximum atomic E-state index is 13.3. The van der Waals surface area contributed by atoms with Crippen molar-refractivity contribution in [3.8, 4) is 0 Å². The number of hydrogen-bond acceptors (Lipinski definition) is 3. The number of morpholine rings is 1. The lowest BCUT2D eigenvalue weighted by Gasteiger charge is -2.39. The SMILES string of the molecule is O=C(O)C[C@H]1CN(C(=O)C2(c3ccc(F)cc3)CCCC2)CCO1. The van der Waals surface area contributed by atoms with Crippen molar-refractivity contribution >= 4 is 11.9 Å². The Morgan fingerprint density at radius 3 is 2.54 bits per heavy atom. The standard InChI is InChI=1S/C18H22FNO4/c19-14-5-3-13(4-6-14)18(7-1-2-8-18)17(23)20-9-10-24-15(12-20)11-16(21)22/h3-6,15H,1-2,7-12H2,(H,21,22)/t15-/m0/s1. The zero-order chi connectivity index (χ0) is 17.2. The molecule has 2 aliphatic rings. The quantitative estimate of drug-likeness (QED) is 0.917. The third-order valence-corrected chi connectivity index (χ3v) is 5.09.